The van der Waals surface area contributed by atoms with Crippen LogP contribution in [0.3, 0.4) is 0 Å². The van der Waals surface area contributed by atoms with E-state index >= 15 is 0 Å². The maximum Gasteiger partial charge on any atom is 0.333 e. The zero-order valence-corrected chi connectivity index (χ0v) is 27.5. The smallest absolute Gasteiger partial charge is 0.333 e. The third-order valence-corrected chi connectivity index (χ3v) is 14.6. The molecule has 0 aromatic heterocycles. The summed E-state index contributed by atoms with van der Waals surface area (Å²) < 4.78 is 4.97. The van der Waals surface area contributed by atoms with Gasteiger partial charge in [-0.25, -0.2) is 4.79 Å². The van der Waals surface area contributed by atoms with Crippen LogP contribution in [0.25, 0.3) is 0 Å². The van der Waals surface area contributed by atoms with Crippen molar-refractivity contribution in [1.82, 2.24) is 0 Å². The lowest BCUT2D eigenvalue weighted by molar-refractivity contribution is -0.178. The molecular weight excluding hydrogens is 520 g/mol. The molecule has 6 aliphatic carbocycles. The molecule has 0 saturated heterocycles. The van der Waals surface area contributed by atoms with Gasteiger partial charge < -0.3 is 9.84 Å². The maximum atomic E-state index is 12.9. The molecule has 0 aliphatic heterocycles. The van der Waals surface area contributed by atoms with Crippen LogP contribution in [-0.4, -0.2) is 24.2 Å². The summed E-state index contributed by atoms with van der Waals surface area (Å²) in [7, 11) is 1.46. The summed E-state index contributed by atoms with van der Waals surface area (Å²) in [6.45, 7) is 17.4. The number of allylic oxidation sites excluding steroid dienone is 7. The van der Waals surface area contributed by atoms with Crippen LogP contribution in [-0.2, 0) is 14.3 Å². The lowest BCUT2D eigenvalue weighted by atomic mass is 9.33. The fraction of sp³-hybridized carbons (Fsp3) is 0.737. The SMILES string of the molecule is COC(=O)C1=CC=C(C2=CC[C@]3(C)[C@H]4CC=C5[C@@H]6CC(C)(C)CC[C@]6(C(=O)O)CC[C@@]5(C)[C@]4(C)CC[C@H]3C2(C)C)CC1. The van der Waals surface area contributed by atoms with Gasteiger partial charge in [0.2, 0.25) is 0 Å². The Morgan fingerprint density at radius 3 is 2.24 bits per heavy atom. The van der Waals surface area contributed by atoms with Gasteiger partial charge >= 0.3 is 11.9 Å². The van der Waals surface area contributed by atoms with Crippen LogP contribution in [0.2, 0.25) is 0 Å². The molecule has 3 fully saturated rings. The molecule has 1 N–H and O–H groups in total. The molecule has 3 saturated carbocycles. The first-order chi connectivity index (χ1) is 19.6. The quantitative estimate of drug-likeness (QED) is 0.270. The Balaban J connectivity index is 1.37. The molecule has 0 spiro atoms. The summed E-state index contributed by atoms with van der Waals surface area (Å²) >= 11 is 0. The molecule has 42 heavy (non-hydrogen) atoms. The summed E-state index contributed by atoms with van der Waals surface area (Å²) in [6, 6.07) is 0. The third-order valence-electron chi connectivity index (χ3n) is 14.6. The number of methoxy groups -OCH3 is 1. The number of hydrogen-bond acceptors (Lipinski definition) is 3. The summed E-state index contributed by atoms with van der Waals surface area (Å²) in [6.07, 6.45) is 20.2. The average Bonchev–Trinajstić information content (AvgIpc) is 2.92. The van der Waals surface area contributed by atoms with E-state index in [1.807, 2.05) is 6.08 Å². The standard InChI is InChI=1S/C38H54O4/c1-33(2)19-21-38(32(40)41)22-20-36(6)27(28(38)23-33)13-14-30-35(5)17-15-26(24-9-11-25(12-10-24)31(39)42-8)34(3,4)29(35)16-18-37(30,36)7/h9,11,13,15,28-30H,10,12,14,16-23H2,1-8H3,(H,40,41)/t28-,29-,30+,35-,36+,37+,38-/m0/s1. The Bertz CT molecular complexity index is 1320. The van der Waals surface area contributed by atoms with Crippen LogP contribution in [0.4, 0.5) is 0 Å². The van der Waals surface area contributed by atoms with Gasteiger partial charge in [0.05, 0.1) is 12.5 Å². The molecule has 0 aromatic rings. The summed E-state index contributed by atoms with van der Waals surface area (Å²) in [5.74, 6) is 0.570. The Kier molecular flexibility index (Phi) is 6.74. The minimum absolute atomic E-state index is 0.0516. The van der Waals surface area contributed by atoms with Crippen LogP contribution in [0, 0.1) is 50.2 Å². The molecule has 4 heteroatoms. The van der Waals surface area contributed by atoms with Gasteiger partial charge in [-0.3, -0.25) is 4.79 Å². The number of aliphatic carboxylic acids is 1. The van der Waals surface area contributed by atoms with E-state index in [0.717, 1.165) is 63.4 Å². The first-order valence-corrected chi connectivity index (χ1v) is 16.7. The van der Waals surface area contributed by atoms with E-state index in [2.05, 4.69) is 66.7 Å². The van der Waals surface area contributed by atoms with Crippen molar-refractivity contribution in [2.45, 2.75) is 119 Å². The highest BCUT2D eigenvalue weighted by molar-refractivity contribution is 5.89. The fourth-order valence-corrected chi connectivity index (χ4v) is 11.9. The van der Waals surface area contributed by atoms with Crippen LogP contribution in [0.15, 0.2) is 46.6 Å². The first kappa shape index (κ1) is 29.9. The zero-order valence-electron chi connectivity index (χ0n) is 27.5. The molecule has 0 unspecified atom stereocenters. The van der Waals surface area contributed by atoms with E-state index in [9.17, 15) is 14.7 Å². The number of rotatable bonds is 3. The van der Waals surface area contributed by atoms with Crippen molar-refractivity contribution in [3.05, 3.63) is 46.6 Å². The first-order valence-electron chi connectivity index (χ1n) is 16.7. The van der Waals surface area contributed by atoms with Gasteiger partial charge in [-0.1, -0.05) is 78.3 Å². The van der Waals surface area contributed by atoms with E-state index in [1.165, 1.54) is 36.7 Å². The Morgan fingerprint density at radius 1 is 0.881 bits per heavy atom. The van der Waals surface area contributed by atoms with Crippen molar-refractivity contribution in [2.24, 2.45) is 50.2 Å². The predicted octanol–water partition coefficient (Wildman–Crippen LogP) is 9.23. The Morgan fingerprint density at radius 2 is 1.60 bits per heavy atom. The van der Waals surface area contributed by atoms with Crippen molar-refractivity contribution in [2.75, 3.05) is 7.11 Å². The van der Waals surface area contributed by atoms with E-state index < -0.39 is 11.4 Å². The minimum Gasteiger partial charge on any atom is -0.481 e. The number of carboxylic acid groups (broad SMARTS) is 1. The predicted molar refractivity (Wildman–Crippen MR) is 168 cm³/mol. The van der Waals surface area contributed by atoms with Crippen molar-refractivity contribution >= 4 is 11.9 Å². The zero-order chi connectivity index (χ0) is 30.5. The second-order valence-electron chi connectivity index (χ2n) is 17.1. The van der Waals surface area contributed by atoms with E-state index in [4.69, 9.17) is 4.74 Å². The Hall–Kier alpha value is -2.10. The molecule has 4 nitrogen and oxygen atoms in total. The molecule has 0 amide bonds. The number of carbonyl (C=O) groups is 2. The number of hydrogen-bond donors (Lipinski definition) is 1. The van der Waals surface area contributed by atoms with Gasteiger partial charge in [-0.2, -0.15) is 0 Å². The van der Waals surface area contributed by atoms with Gasteiger partial charge in [-0.15, -0.1) is 0 Å². The highest BCUT2D eigenvalue weighted by Crippen LogP contribution is 2.76. The van der Waals surface area contributed by atoms with Gasteiger partial charge in [-0.05, 0) is 127 Å². The summed E-state index contributed by atoms with van der Waals surface area (Å²) in [5, 5.41) is 10.6. The second-order valence-corrected chi connectivity index (χ2v) is 17.1. The molecule has 7 atom stereocenters. The number of ether oxygens (including phenoxy) is 1. The summed E-state index contributed by atoms with van der Waals surface area (Å²) in [4.78, 5) is 25.0. The van der Waals surface area contributed by atoms with E-state index in [-0.39, 0.29) is 39.0 Å². The normalized spacial score (nSPS) is 43.6. The topological polar surface area (TPSA) is 63.6 Å². The highest BCUT2D eigenvalue weighted by atomic mass is 16.5. The second kappa shape index (κ2) is 9.45. The molecule has 230 valence electrons. The molecular formula is C38H54O4. The van der Waals surface area contributed by atoms with Crippen molar-refractivity contribution in [3.8, 4) is 0 Å². The molecule has 0 aromatic carbocycles. The van der Waals surface area contributed by atoms with Gasteiger partial charge in [0, 0.05) is 5.57 Å². The van der Waals surface area contributed by atoms with Crippen molar-refractivity contribution in [3.63, 3.8) is 0 Å². The fourth-order valence-electron chi connectivity index (χ4n) is 11.9. The van der Waals surface area contributed by atoms with Crippen LogP contribution >= 0.6 is 0 Å². The number of carboxylic acids is 1. The molecule has 6 aliphatic rings. The molecule has 0 heterocycles. The van der Waals surface area contributed by atoms with E-state index in [0.29, 0.717) is 11.8 Å². The lowest BCUT2D eigenvalue weighted by Gasteiger charge is -2.70. The van der Waals surface area contributed by atoms with Crippen LogP contribution < -0.4 is 0 Å². The molecule has 0 radical (unpaired) electrons. The van der Waals surface area contributed by atoms with Crippen molar-refractivity contribution < 1.29 is 19.4 Å². The van der Waals surface area contributed by atoms with Gasteiger partial charge in [0.1, 0.15) is 0 Å². The van der Waals surface area contributed by atoms with Gasteiger partial charge in [0.15, 0.2) is 0 Å². The largest absolute Gasteiger partial charge is 0.481 e. The van der Waals surface area contributed by atoms with Crippen LogP contribution in [0.5, 0.6) is 0 Å². The van der Waals surface area contributed by atoms with Gasteiger partial charge in [0.25, 0.3) is 0 Å². The maximum absolute atomic E-state index is 12.9. The molecule has 6 rings (SSSR count). The number of carbonyl (C=O) groups excluding carboxylic acids is 1. The average molecular weight is 575 g/mol. The number of fused-ring (bicyclic) bond motifs is 7. The minimum atomic E-state index is -0.578. The third kappa shape index (κ3) is 3.91. The lowest BCUT2D eigenvalue weighted by Crippen LogP contribution is -2.63. The van der Waals surface area contributed by atoms with E-state index in [1.54, 1.807) is 0 Å². The Labute approximate surface area is 254 Å². The number of esters is 1. The highest BCUT2D eigenvalue weighted by Gasteiger charge is 2.68. The van der Waals surface area contributed by atoms with Crippen LogP contribution in [0.1, 0.15) is 119 Å². The summed E-state index contributed by atoms with van der Waals surface area (Å²) in [5.41, 5.74) is 5.24. The molecule has 0 bridgehead atoms. The monoisotopic (exact) mass is 574 g/mol. The van der Waals surface area contributed by atoms with Crippen molar-refractivity contribution in [1.29, 1.82) is 0 Å².